The molecular weight excluding hydrogens is 344 g/mol. The Bertz CT molecular complexity index is 865. The lowest BCUT2D eigenvalue weighted by atomic mass is 10.00. The fourth-order valence-electron chi connectivity index (χ4n) is 2.24. The maximum Gasteiger partial charge on any atom is 0.254 e. The van der Waals surface area contributed by atoms with Gasteiger partial charge in [0.2, 0.25) is 0 Å². The number of rotatable bonds is 2. The molecule has 0 fully saturated rings. The molecule has 124 valence electrons. The van der Waals surface area contributed by atoms with Crippen molar-refractivity contribution in [1.82, 2.24) is 0 Å². The third-order valence-electron chi connectivity index (χ3n) is 3.32. The minimum Gasteiger partial charge on any atom is -0.506 e. The molecule has 3 aromatic carbocycles. The van der Waals surface area contributed by atoms with Crippen molar-refractivity contribution in [3.8, 4) is 28.0 Å². The lowest BCUT2D eigenvalue weighted by Gasteiger charge is -2.08. The predicted molar refractivity (Wildman–Crippen MR) is 99.2 cm³/mol. The van der Waals surface area contributed by atoms with E-state index in [2.05, 4.69) is 36.9 Å². The largest absolute Gasteiger partial charge is 0.506 e. The molecule has 0 amide bonds. The normalized spacial score (nSPS) is 10.1. The molecule has 0 atom stereocenters. The Balaban J connectivity index is 0.000000471. The molecule has 0 aliphatic carbocycles. The summed E-state index contributed by atoms with van der Waals surface area (Å²) in [7, 11) is -3.12. The highest BCUT2D eigenvalue weighted by Crippen LogP contribution is 2.34. The smallest absolute Gasteiger partial charge is 0.254 e. The van der Waals surface area contributed by atoms with Gasteiger partial charge in [-0.25, -0.2) is 8.42 Å². The van der Waals surface area contributed by atoms with Gasteiger partial charge in [-0.15, -0.1) is 12.6 Å². The van der Waals surface area contributed by atoms with E-state index >= 15 is 0 Å². The lowest BCUT2D eigenvalue weighted by molar-refractivity contribution is 0.465. The standard InChI is InChI=1S/C18H14OS.H2O3S/c19-18-16(7-4-8-17(18)20)15-11-9-14(10-12-15)13-5-2-1-3-6-13;1-4(2)3/h1-12,19-20H;4H,(H,1,2,3). The molecule has 0 aliphatic rings. The summed E-state index contributed by atoms with van der Waals surface area (Å²) in [4.78, 5) is 0.592. The van der Waals surface area contributed by atoms with Gasteiger partial charge < -0.3 is 5.11 Å². The molecule has 2 N–H and O–H groups in total. The molecule has 0 aliphatic heterocycles. The number of para-hydroxylation sites is 1. The van der Waals surface area contributed by atoms with Crippen LogP contribution in [0.5, 0.6) is 5.75 Å². The fourth-order valence-corrected chi connectivity index (χ4v) is 2.44. The number of phenols is 1. The van der Waals surface area contributed by atoms with Crippen LogP contribution in [0.3, 0.4) is 0 Å². The summed E-state index contributed by atoms with van der Waals surface area (Å²) in [6, 6.07) is 24.0. The van der Waals surface area contributed by atoms with Crippen LogP contribution in [0.15, 0.2) is 77.7 Å². The Labute approximate surface area is 147 Å². The van der Waals surface area contributed by atoms with Crippen LogP contribution in [0.4, 0.5) is 0 Å². The zero-order valence-electron chi connectivity index (χ0n) is 12.5. The number of phenolic OH excluding ortho intramolecular Hbond substituents is 1. The van der Waals surface area contributed by atoms with Crippen LogP contribution in [0.1, 0.15) is 0 Å². The van der Waals surface area contributed by atoms with Gasteiger partial charge in [-0.3, -0.25) is 4.55 Å². The van der Waals surface area contributed by atoms with E-state index < -0.39 is 11.0 Å². The molecule has 3 rings (SSSR count). The Morgan fingerprint density at radius 2 is 1.21 bits per heavy atom. The van der Waals surface area contributed by atoms with E-state index in [-0.39, 0.29) is 5.75 Å². The second-order valence-electron chi connectivity index (χ2n) is 4.85. The first-order valence-corrected chi connectivity index (χ1v) is 8.57. The SMILES string of the molecule is O=[SH](=O)O.Oc1c(S)cccc1-c1ccc(-c2ccccc2)cc1. The summed E-state index contributed by atoms with van der Waals surface area (Å²) in [5, 5.41) is 10.1. The van der Waals surface area contributed by atoms with Gasteiger partial charge in [0.1, 0.15) is 5.75 Å². The van der Waals surface area contributed by atoms with E-state index in [0.29, 0.717) is 4.90 Å². The van der Waals surface area contributed by atoms with Gasteiger partial charge >= 0.3 is 0 Å². The first-order valence-electron chi connectivity index (χ1n) is 6.99. The molecule has 0 radical (unpaired) electrons. The van der Waals surface area contributed by atoms with E-state index in [1.54, 1.807) is 6.07 Å². The van der Waals surface area contributed by atoms with Crippen molar-refractivity contribution in [2.75, 3.05) is 0 Å². The first-order chi connectivity index (χ1) is 11.5. The molecule has 0 spiro atoms. The summed E-state index contributed by atoms with van der Waals surface area (Å²) in [5.41, 5.74) is 4.14. The molecule has 0 saturated carbocycles. The maximum absolute atomic E-state index is 10.1. The molecule has 0 bridgehead atoms. The summed E-state index contributed by atoms with van der Waals surface area (Å²) in [6.45, 7) is 0. The fraction of sp³-hybridized carbons (Fsp3) is 0. The summed E-state index contributed by atoms with van der Waals surface area (Å²) in [5.74, 6) is 0.225. The Morgan fingerprint density at radius 3 is 1.79 bits per heavy atom. The van der Waals surface area contributed by atoms with Crippen molar-refractivity contribution < 1.29 is 18.1 Å². The highest BCUT2D eigenvalue weighted by Gasteiger charge is 2.06. The van der Waals surface area contributed by atoms with Crippen molar-refractivity contribution in [2.45, 2.75) is 4.90 Å². The zero-order valence-corrected chi connectivity index (χ0v) is 14.3. The Kier molecular flexibility index (Phi) is 6.43. The average Bonchev–Trinajstić information content (AvgIpc) is 2.58. The molecule has 0 saturated heterocycles. The average molecular weight is 360 g/mol. The third kappa shape index (κ3) is 4.86. The lowest BCUT2D eigenvalue weighted by Crippen LogP contribution is -1.82. The highest BCUT2D eigenvalue weighted by atomic mass is 32.2. The van der Waals surface area contributed by atoms with E-state index in [1.807, 2.05) is 42.5 Å². The molecule has 3 aromatic rings. The minimum atomic E-state index is -3.12. The summed E-state index contributed by atoms with van der Waals surface area (Å²) in [6.07, 6.45) is 0. The van der Waals surface area contributed by atoms with Gasteiger partial charge in [-0.05, 0) is 22.8 Å². The van der Waals surface area contributed by atoms with Crippen molar-refractivity contribution in [3.63, 3.8) is 0 Å². The minimum absolute atomic E-state index is 0.225. The van der Waals surface area contributed by atoms with Crippen LogP contribution in [0.25, 0.3) is 22.3 Å². The molecule has 0 aromatic heterocycles. The van der Waals surface area contributed by atoms with Gasteiger partial charge in [0.25, 0.3) is 11.0 Å². The van der Waals surface area contributed by atoms with Crippen molar-refractivity contribution in [3.05, 3.63) is 72.8 Å². The third-order valence-corrected chi connectivity index (χ3v) is 3.68. The Morgan fingerprint density at radius 1 is 0.708 bits per heavy atom. The zero-order chi connectivity index (χ0) is 17.5. The monoisotopic (exact) mass is 360 g/mol. The van der Waals surface area contributed by atoms with Gasteiger partial charge in [0, 0.05) is 10.5 Å². The van der Waals surface area contributed by atoms with Crippen LogP contribution in [-0.2, 0) is 11.0 Å². The highest BCUT2D eigenvalue weighted by molar-refractivity contribution is 7.80. The van der Waals surface area contributed by atoms with E-state index in [4.69, 9.17) is 13.0 Å². The molecule has 24 heavy (non-hydrogen) atoms. The van der Waals surface area contributed by atoms with Gasteiger partial charge in [-0.2, -0.15) is 0 Å². The van der Waals surface area contributed by atoms with Crippen LogP contribution >= 0.6 is 12.6 Å². The summed E-state index contributed by atoms with van der Waals surface area (Å²) >= 11 is 4.25. The summed E-state index contributed by atoms with van der Waals surface area (Å²) < 4.78 is 24.2. The second kappa shape index (κ2) is 8.54. The van der Waals surface area contributed by atoms with E-state index in [1.165, 1.54) is 5.56 Å². The van der Waals surface area contributed by atoms with Crippen LogP contribution in [-0.4, -0.2) is 18.1 Å². The molecular formula is C18H16O4S2. The van der Waals surface area contributed by atoms with Gasteiger partial charge in [0.05, 0.1) is 0 Å². The van der Waals surface area contributed by atoms with Crippen LogP contribution in [0.2, 0.25) is 0 Å². The van der Waals surface area contributed by atoms with Crippen molar-refractivity contribution >= 4 is 23.6 Å². The Hall–Kier alpha value is -2.28. The molecule has 4 nitrogen and oxygen atoms in total. The topological polar surface area (TPSA) is 74.6 Å². The van der Waals surface area contributed by atoms with E-state index in [0.717, 1.165) is 16.7 Å². The number of hydrogen-bond acceptors (Lipinski definition) is 4. The van der Waals surface area contributed by atoms with Gasteiger partial charge in [0.15, 0.2) is 0 Å². The number of thiol groups is 2. The predicted octanol–water partition coefficient (Wildman–Crippen LogP) is 4.09. The van der Waals surface area contributed by atoms with Crippen LogP contribution in [0, 0.1) is 0 Å². The van der Waals surface area contributed by atoms with Crippen LogP contribution < -0.4 is 0 Å². The molecule has 0 heterocycles. The second-order valence-corrected chi connectivity index (χ2v) is 5.81. The van der Waals surface area contributed by atoms with E-state index in [9.17, 15) is 5.11 Å². The number of benzene rings is 3. The first kappa shape index (κ1) is 18.1. The van der Waals surface area contributed by atoms with Gasteiger partial charge in [-0.1, -0.05) is 66.7 Å². The molecule has 6 heteroatoms. The number of aromatic hydroxyl groups is 1. The maximum atomic E-state index is 10.1. The van der Waals surface area contributed by atoms with Crippen molar-refractivity contribution in [2.24, 2.45) is 0 Å². The molecule has 0 unspecified atom stereocenters. The van der Waals surface area contributed by atoms with Crippen molar-refractivity contribution in [1.29, 1.82) is 0 Å². The quantitative estimate of drug-likeness (QED) is 0.410. The number of hydrogen-bond donors (Lipinski definition) is 4.